The van der Waals surface area contributed by atoms with E-state index in [4.69, 9.17) is 11.6 Å². The van der Waals surface area contributed by atoms with Crippen molar-refractivity contribution in [3.63, 3.8) is 0 Å². The van der Waals surface area contributed by atoms with Gasteiger partial charge in [0, 0.05) is 38.0 Å². The molecule has 1 aromatic heterocycles. The maximum Gasteiger partial charge on any atom is 0.220 e. The highest BCUT2D eigenvalue weighted by molar-refractivity contribution is 7.18. The molecule has 0 aliphatic carbocycles. The Bertz CT molecular complexity index is 492. The van der Waals surface area contributed by atoms with E-state index in [1.165, 1.54) is 11.3 Å². The zero-order valence-electron chi connectivity index (χ0n) is 13.7. The number of carbonyl (C=O) groups excluding carboxylic acids is 2. The monoisotopic (exact) mass is 344 g/mol. The molecule has 4 nitrogen and oxygen atoms in total. The van der Waals surface area contributed by atoms with Crippen LogP contribution >= 0.6 is 22.9 Å². The minimum absolute atomic E-state index is 0.0296. The summed E-state index contributed by atoms with van der Waals surface area (Å²) in [7, 11) is 0. The maximum atomic E-state index is 11.9. The van der Waals surface area contributed by atoms with Crippen LogP contribution in [0.2, 0.25) is 4.34 Å². The van der Waals surface area contributed by atoms with Crippen molar-refractivity contribution in [2.45, 2.75) is 52.6 Å². The molecule has 0 aromatic carbocycles. The molecule has 0 aliphatic heterocycles. The van der Waals surface area contributed by atoms with Gasteiger partial charge >= 0.3 is 0 Å². The van der Waals surface area contributed by atoms with Crippen LogP contribution in [0.25, 0.3) is 0 Å². The number of hydrogen-bond acceptors (Lipinski definition) is 4. The van der Waals surface area contributed by atoms with Gasteiger partial charge in [-0.05, 0) is 39.8 Å². The van der Waals surface area contributed by atoms with Gasteiger partial charge in [-0.25, -0.2) is 0 Å². The van der Waals surface area contributed by atoms with Crippen molar-refractivity contribution in [2.75, 3.05) is 13.1 Å². The number of rotatable bonds is 9. The van der Waals surface area contributed by atoms with Crippen LogP contribution in [0.4, 0.5) is 0 Å². The minimum Gasteiger partial charge on any atom is -0.355 e. The Morgan fingerprint density at radius 1 is 1.18 bits per heavy atom. The van der Waals surface area contributed by atoms with Crippen LogP contribution in [-0.4, -0.2) is 41.8 Å². The molecular formula is C16H25ClN2O2S. The molecule has 0 bridgehead atoms. The van der Waals surface area contributed by atoms with E-state index in [0.717, 1.165) is 6.54 Å². The van der Waals surface area contributed by atoms with Gasteiger partial charge < -0.3 is 5.32 Å². The second kappa shape index (κ2) is 9.28. The number of hydrogen-bond donors (Lipinski definition) is 1. The molecule has 1 heterocycles. The standard InChI is InChI=1S/C16H25ClN2O2S/c1-11(2)19(12(3)4)10-9-18-16(21)8-5-13(20)14-6-7-15(17)22-14/h6-7,11-12H,5,8-10H2,1-4H3,(H,18,21). The molecule has 0 atom stereocenters. The highest BCUT2D eigenvalue weighted by Gasteiger charge is 2.14. The topological polar surface area (TPSA) is 49.4 Å². The molecule has 22 heavy (non-hydrogen) atoms. The Balaban J connectivity index is 2.27. The number of amides is 1. The fourth-order valence-electron chi connectivity index (χ4n) is 2.34. The van der Waals surface area contributed by atoms with Gasteiger partial charge in [-0.15, -0.1) is 11.3 Å². The Hall–Kier alpha value is -0.910. The first-order chi connectivity index (χ1) is 10.3. The van der Waals surface area contributed by atoms with Crippen LogP contribution in [0.3, 0.4) is 0 Å². The summed E-state index contributed by atoms with van der Waals surface area (Å²) >= 11 is 7.05. The zero-order valence-corrected chi connectivity index (χ0v) is 15.3. The average molecular weight is 345 g/mol. The van der Waals surface area contributed by atoms with Gasteiger partial charge in [0.15, 0.2) is 5.78 Å². The zero-order chi connectivity index (χ0) is 16.7. The molecule has 1 amide bonds. The predicted molar refractivity (Wildman–Crippen MR) is 92.9 cm³/mol. The van der Waals surface area contributed by atoms with Crippen molar-refractivity contribution < 1.29 is 9.59 Å². The lowest BCUT2D eigenvalue weighted by molar-refractivity contribution is -0.121. The van der Waals surface area contributed by atoms with Gasteiger partial charge in [0.2, 0.25) is 5.91 Å². The molecule has 0 spiro atoms. The second-order valence-electron chi connectivity index (χ2n) is 5.80. The molecule has 0 aliphatic rings. The van der Waals surface area contributed by atoms with Crippen molar-refractivity contribution in [1.82, 2.24) is 10.2 Å². The summed E-state index contributed by atoms with van der Waals surface area (Å²) < 4.78 is 0.593. The van der Waals surface area contributed by atoms with Crippen molar-refractivity contribution in [1.29, 1.82) is 0 Å². The summed E-state index contributed by atoms with van der Waals surface area (Å²) in [4.78, 5) is 26.6. The van der Waals surface area contributed by atoms with Crippen LogP contribution < -0.4 is 5.32 Å². The number of nitrogens with one attached hydrogen (secondary N) is 1. The molecule has 0 radical (unpaired) electrons. The molecule has 0 saturated heterocycles. The third-order valence-corrected chi connectivity index (χ3v) is 4.72. The summed E-state index contributed by atoms with van der Waals surface area (Å²) in [5.74, 6) is -0.110. The second-order valence-corrected chi connectivity index (χ2v) is 7.52. The highest BCUT2D eigenvalue weighted by Crippen LogP contribution is 2.22. The largest absolute Gasteiger partial charge is 0.355 e. The first-order valence-corrected chi connectivity index (χ1v) is 8.81. The first-order valence-electron chi connectivity index (χ1n) is 7.62. The predicted octanol–water partition coefficient (Wildman–Crippen LogP) is 3.60. The fourth-order valence-corrected chi connectivity index (χ4v) is 3.35. The molecule has 1 rings (SSSR count). The Labute approximate surface area is 141 Å². The van der Waals surface area contributed by atoms with Crippen molar-refractivity contribution >= 4 is 34.6 Å². The van der Waals surface area contributed by atoms with E-state index < -0.39 is 0 Å². The minimum atomic E-state index is -0.0801. The maximum absolute atomic E-state index is 11.9. The summed E-state index contributed by atoms with van der Waals surface area (Å²) in [6.07, 6.45) is 0.443. The van der Waals surface area contributed by atoms with Crippen molar-refractivity contribution in [3.05, 3.63) is 21.3 Å². The quantitative estimate of drug-likeness (QED) is 0.696. The van der Waals surface area contributed by atoms with Gasteiger partial charge in [0.05, 0.1) is 9.21 Å². The van der Waals surface area contributed by atoms with E-state index in [2.05, 4.69) is 37.9 Å². The van der Waals surface area contributed by atoms with Gasteiger partial charge in [-0.2, -0.15) is 0 Å². The highest BCUT2D eigenvalue weighted by atomic mass is 35.5. The molecule has 1 N–H and O–H groups in total. The number of Topliss-reactive ketones (excluding diaryl/α,β-unsaturated/α-hetero) is 1. The van der Waals surface area contributed by atoms with Crippen LogP contribution in [0.1, 0.15) is 50.2 Å². The van der Waals surface area contributed by atoms with Crippen LogP contribution in [0.5, 0.6) is 0 Å². The number of carbonyl (C=O) groups is 2. The molecule has 6 heteroatoms. The molecule has 124 valence electrons. The molecule has 0 saturated carbocycles. The first kappa shape index (κ1) is 19.1. The Morgan fingerprint density at radius 2 is 1.82 bits per heavy atom. The summed E-state index contributed by atoms with van der Waals surface area (Å²) in [5.41, 5.74) is 0. The summed E-state index contributed by atoms with van der Waals surface area (Å²) in [5, 5.41) is 2.88. The number of thiophene rings is 1. The fraction of sp³-hybridized carbons (Fsp3) is 0.625. The number of halogens is 1. The number of ketones is 1. The smallest absolute Gasteiger partial charge is 0.220 e. The molecule has 0 fully saturated rings. The summed E-state index contributed by atoms with van der Waals surface area (Å²) in [6, 6.07) is 4.30. The van der Waals surface area contributed by atoms with E-state index >= 15 is 0 Å². The average Bonchev–Trinajstić information content (AvgIpc) is 2.86. The third kappa shape index (κ3) is 6.46. The Kier molecular flexibility index (Phi) is 8.07. The van der Waals surface area contributed by atoms with Gasteiger partial charge in [0.1, 0.15) is 0 Å². The van der Waals surface area contributed by atoms with Gasteiger partial charge in [0.25, 0.3) is 0 Å². The molecule has 0 unspecified atom stereocenters. The van der Waals surface area contributed by atoms with Gasteiger partial charge in [-0.3, -0.25) is 14.5 Å². The van der Waals surface area contributed by atoms with Crippen molar-refractivity contribution in [3.8, 4) is 0 Å². The van der Waals surface area contributed by atoms with E-state index in [-0.39, 0.29) is 24.5 Å². The molecular weight excluding hydrogens is 320 g/mol. The lowest BCUT2D eigenvalue weighted by atomic mass is 10.2. The van der Waals surface area contributed by atoms with Crippen LogP contribution in [0, 0.1) is 0 Å². The molecule has 1 aromatic rings. The lowest BCUT2D eigenvalue weighted by Gasteiger charge is -2.30. The number of nitrogens with zero attached hydrogens (tertiary/aromatic N) is 1. The van der Waals surface area contributed by atoms with E-state index in [9.17, 15) is 9.59 Å². The van der Waals surface area contributed by atoms with Gasteiger partial charge in [-0.1, -0.05) is 11.6 Å². The van der Waals surface area contributed by atoms with Crippen molar-refractivity contribution in [2.24, 2.45) is 0 Å². The summed E-state index contributed by atoms with van der Waals surface area (Å²) in [6.45, 7) is 10.0. The lowest BCUT2D eigenvalue weighted by Crippen LogP contribution is -2.42. The van der Waals surface area contributed by atoms with Crippen LogP contribution in [-0.2, 0) is 4.79 Å². The van der Waals surface area contributed by atoms with E-state index in [1.807, 2.05) is 0 Å². The van der Waals surface area contributed by atoms with E-state index in [0.29, 0.717) is 27.8 Å². The Morgan fingerprint density at radius 3 is 2.32 bits per heavy atom. The van der Waals surface area contributed by atoms with E-state index in [1.54, 1.807) is 12.1 Å². The normalized spacial score (nSPS) is 11.5. The third-order valence-electron chi connectivity index (χ3n) is 3.45. The van der Waals surface area contributed by atoms with Crippen LogP contribution in [0.15, 0.2) is 12.1 Å². The SMILES string of the molecule is CC(C)N(CCNC(=O)CCC(=O)c1ccc(Cl)s1)C(C)C.